The molecular formula is C14H26N4O6S3. The van der Waals surface area contributed by atoms with Crippen molar-refractivity contribution in [2.24, 2.45) is 5.73 Å². The van der Waals surface area contributed by atoms with Crippen LogP contribution >= 0.6 is 37.0 Å². The topological polar surface area (TPSA) is 171 Å². The van der Waals surface area contributed by atoms with Gasteiger partial charge in [-0.25, -0.2) is 4.79 Å². The number of carboxylic acid groups (broad SMARTS) is 1. The van der Waals surface area contributed by atoms with E-state index < -0.39 is 54.5 Å². The number of nitrogens with two attached hydrogens (primary N) is 1. The van der Waals surface area contributed by atoms with E-state index in [1.807, 2.05) is 0 Å². The van der Waals surface area contributed by atoms with Crippen LogP contribution in [0.4, 0.5) is 0 Å². The third-order valence-electron chi connectivity index (χ3n) is 3.39. The van der Waals surface area contributed by atoms with Crippen LogP contribution in [0.3, 0.4) is 0 Å². The first-order chi connectivity index (χ1) is 12.7. The minimum Gasteiger partial charge on any atom is -0.480 e. The fourth-order valence-electron chi connectivity index (χ4n) is 1.79. The third kappa shape index (κ3) is 9.55. The number of thioether (sulfide) groups is 1. The minimum absolute atomic E-state index is 0.0416. The van der Waals surface area contributed by atoms with Gasteiger partial charge in [0.2, 0.25) is 17.7 Å². The van der Waals surface area contributed by atoms with Gasteiger partial charge in [0.15, 0.2) is 0 Å². The molecule has 0 saturated carbocycles. The molecule has 10 nitrogen and oxygen atoms in total. The molecule has 156 valence electrons. The van der Waals surface area contributed by atoms with E-state index in [1.165, 1.54) is 11.8 Å². The average molecular weight is 443 g/mol. The van der Waals surface area contributed by atoms with Gasteiger partial charge in [-0.1, -0.05) is 0 Å². The maximum absolute atomic E-state index is 12.3. The molecule has 0 aromatic rings. The number of carbonyl (C=O) groups excluding carboxylic acids is 3. The highest BCUT2D eigenvalue weighted by molar-refractivity contribution is 7.98. The molecule has 0 aromatic carbocycles. The molecule has 0 saturated heterocycles. The van der Waals surface area contributed by atoms with E-state index in [2.05, 4.69) is 41.2 Å². The van der Waals surface area contributed by atoms with Gasteiger partial charge in [0.25, 0.3) is 0 Å². The molecule has 0 aliphatic rings. The number of carbonyl (C=O) groups is 4. The molecule has 0 spiro atoms. The first-order valence-electron chi connectivity index (χ1n) is 7.92. The minimum atomic E-state index is -1.33. The molecule has 7 N–H and O–H groups in total. The van der Waals surface area contributed by atoms with E-state index in [4.69, 9.17) is 10.8 Å². The van der Waals surface area contributed by atoms with E-state index in [9.17, 15) is 24.3 Å². The highest BCUT2D eigenvalue weighted by atomic mass is 32.2. The fourth-order valence-corrected chi connectivity index (χ4v) is 2.68. The van der Waals surface area contributed by atoms with E-state index in [-0.39, 0.29) is 17.9 Å². The number of rotatable bonds is 13. The van der Waals surface area contributed by atoms with Crippen LogP contribution < -0.4 is 21.7 Å². The lowest BCUT2D eigenvalue weighted by molar-refractivity contribution is -0.142. The monoisotopic (exact) mass is 442 g/mol. The van der Waals surface area contributed by atoms with Crippen molar-refractivity contribution in [2.45, 2.75) is 30.6 Å². The molecule has 3 amide bonds. The van der Waals surface area contributed by atoms with E-state index >= 15 is 0 Å². The maximum atomic E-state index is 12.3. The Kier molecular flexibility index (Phi) is 13.3. The Morgan fingerprint density at radius 2 is 1.48 bits per heavy atom. The summed E-state index contributed by atoms with van der Waals surface area (Å²) in [7, 11) is 0. The van der Waals surface area contributed by atoms with Crippen molar-refractivity contribution in [2.75, 3.05) is 30.1 Å². The number of aliphatic hydroxyl groups is 1. The van der Waals surface area contributed by atoms with Crippen LogP contribution in [-0.4, -0.2) is 88.2 Å². The Bertz CT molecular complexity index is 525. The van der Waals surface area contributed by atoms with Crippen LogP contribution in [0.25, 0.3) is 0 Å². The molecular weight excluding hydrogens is 416 g/mol. The second-order valence-corrected chi connectivity index (χ2v) is 7.17. The van der Waals surface area contributed by atoms with Crippen molar-refractivity contribution in [1.29, 1.82) is 0 Å². The van der Waals surface area contributed by atoms with Crippen molar-refractivity contribution >= 4 is 60.7 Å². The molecule has 0 aliphatic heterocycles. The van der Waals surface area contributed by atoms with Crippen LogP contribution in [0.15, 0.2) is 0 Å². The van der Waals surface area contributed by atoms with Gasteiger partial charge in [-0.3, -0.25) is 14.4 Å². The first-order valence-corrected chi connectivity index (χ1v) is 10.6. The molecule has 0 fully saturated rings. The van der Waals surface area contributed by atoms with Crippen LogP contribution in [-0.2, 0) is 19.2 Å². The molecule has 0 heterocycles. The van der Waals surface area contributed by atoms with Crippen molar-refractivity contribution < 1.29 is 29.4 Å². The number of aliphatic carboxylic acids is 1. The van der Waals surface area contributed by atoms with E-state index in [0.717, 1.165) is 0 Å². The third-order valence-corrected chi connectivity index (χ3v) is 4.79. The van der Waals surface area contributed by atoms with Gasteiger partial charge in [0, 0.05) is 11.5 Å². The summed E-state index contributed by atoms with van der Waals surface area (Å²) in [6.45, 7) is -0.719. The lowest BCUT2D eigenvalue weighted by atomic mass is 10.2. The number of hydrogen-bond donors (Lipinski definition) is 8. The van der Waals surface area contributed by atoms with Crippen molar-refractivity contribution in [3.8, 4) is 0 Å². The van der Waals surface area contributed by atoms with Gasteiger partial charge in [0.05, 0.1) is 12.6 Å². The van der Waals surface area contributed by atoms with Crippen LogP contribution in [0.2, 0.25) is 0 Å². The van der Waals surface area contributed by atoms with Crippen molar-refractivity contribution in [1.82, 2.24) is 16.0 Å². The van der Waals surface area contributed by atoms with E-state index in [0.29, 0.717) is 5.75 Å². The zero-order valence-corrected chi connectivity index (χ0v) is 17.4. The summed E-state index contributed by atoms with van der Waals surface area (Å²) in [5.74, 6) is -2.99. The molecule has 27 heavy (non-hydrogen) atoms. The summed E-state index contributed by atoms with van der Waals surface area (Å²) in [5.41, 5.74) is 5.48. The maximum Gasteiger partial charge on any atom is 0.326 e. The quantitative estimate of drug-likeness (QED) is 0.144. The molecule has 0 rings (SSSR count). The first kappa shape index (κ1) is 25.9. The fraction of sp³-hybridized carbons (Fsp3) is 0.714. The Morgan fingerprint density at radius 3 is 1.93 bits per heavy atom. The molecule has 13 heteroatoms. The number of thiol groups is 2. The molecule has 0 bridgehead atoms. The normalized spacial score (nSPS) is 15.1. The van der Waals surface area contributed by atoms with Gasteiger partial charge >= 0.3 is 5.97 Å². The Labute approximate surface area is 172 Å². The molecule has 0 radical (unpaired) electrons. The summed E-state index contributed by atoms with van der Waals surface area (Å²) in [5, 5.41) is 25.4. The van der Waals surface area contributed by atoms with Gasteiger partial charge in [0.1, 0.15) is 18.1 Å². The number of carboxylic acids is 1. The summed E-state index contributed by atoms with van der Waals surface area (Å²) in [6.07, 6.45) is 2.02. The Balaban J connectivity index is 4.90. The summed E-state index contributed by atoms with van der Waals surface area (Å²) in [4.78, 5) is 47.4. The lowest BCUT2D eigenvalue weighted by Crippen LogP contribution is -2.58. The lowest BCUT2D eigenvalue weighted by Gasteiger charge is -2.23. The standard InChI is InChI=1S/C14H26N4O6S3/c1-27-3-2-8(14(23)24)16-13(22)10(6-26)18-12(21)9(4-19)17-11(20)7(15)5-25/h7-10,19,25-26H,2-6,15H2,1H3,(H,16,22)(H,17,20)(H,18,21)(H,23,24). The van der Waals surface area contributed by atoms with Crippen molar-refractivity contribution in [3.63, 3.8) is 0 Å². The Hall–Kier alpha value is -1.15. The number of amides is 3. The summed E-state index contributed by atoms with van der Waals surface area (Å²) >= 11 is 9.28. The van der Waals surface area contributed by atoms with Gasteiger partial charge in [-0.15, -0.1) is 0 Å². The largest absolute Gasteiger partial charge is 0.480 e. The second-order valence-electron chi connectivity index (χ2n) is 5.46. The molecule has 0 aromatic heterocycles. The summed E-state index contributed by atoms with van der Waals surface area (Å²) in [6, 6.07) is -4.55. The van der Waals surface area contributed by atoms with Crippen molar-refractivity contribution in [3.05, 3.63) is 0 Å². The molecule has 4 atom stereocenters. The van der Waals surface area contributed by atoms with Gasteiger partial charge in [-0.2, -0.15) is 37.0 Å². The highest BCUT2D eigenvalue weighted by Gasteiger charge is 2.29. The van der Waals surface area contributed by atoms with Gasteiger partial charge in [-0.05, 0) is 18.4 Å². The smallest absolute Gasteiger partial charge is 0.326 e. The van der Waals surface area contributed by atoms with Crippen LogP contribution in [0.1, 0.15) is 6.42 Å². The zero-order valence-electron chi connectivity index (χ0n) is 14.8. The number of hydrogen-bond acceptors (Lipinski definition) is 9. The highest BCUT2D eigenvalue weighted by Crippen LogP contribution is 2.02. The zero-order chi connectivity index (χ0) is 21.0. The molecule has 0 aliphatic carbocycles. The van der Waals surface area contributed by atoms with Crippen LogP contribution in [0.5, 0.6) is 0 Å². The number of aliphatic hydroxyl groups excluding tert-OH is 1. The van der Waals surface area contributed by atoms with Gasteiger partial charge < -0.3 is 31.9 Å². The SMILES string of the molecule is CSCCC(NC(=O)C(CS)NC(=O)C(CO)NC(=O)C(N)CS)C(=O)O. The second kappa shape index (κ2) is 13.9. The predicted molar refractivity (Wildman–Crippen MR) is 109 cm³/mol. The molecule has 4 unspecified atom stereocenters. The average Bonchev–Trinajstić information content (AvgIpc) is 2.65. The van der Waals surface area contributed by atoms with Crippen LogP contribution in [0, 0.1) is 0 Å². The summed E-state index contributed by atoms with van der Waals surface area (Å²) < 4.78 is 0. The van der Waals surface area contributed by atoms with E-state index in [1.54, 1.807) is 6.26 Å². The number of nitrogens with one attached hydrogen (secondary N) is 3. The predicted octanol–water partition coefficient (Wildman–Crippen LogP) is -2.54. The Morgan fingerprint density at radius 1 is 0.963 bits per heavy atom.